The lowest BCUT2D eigenvalue weighted by Gasteiger charge is -2.33. The Bertz CT molecular complexity index is 273. The maximum absolute atomic E-state index is 6.23. The van der Waals surface area contributed by atoms with Gasteiger partial charge in [-0.15, -0.1) is 0 Å². The van der Waals surface area contributed by atoms with Crippen molar-refractivity contribution >= 4 is 0 Å². The maximum atomic E-state index is 6.23. The third-order valence-electron chi connectivity index (χ3n) is 3.13. The molecule has 1 aromatic carbocycles. The zero-order valence-corrected chi connectivity index (χ0v) is 10.8. The van der Waals surface area contributed by atoms with Gasteiger partial charge < -0.3 is 4.74 Å². The molecule has 1 aromatic rings. The average molecular weight is 220 g/mol. The molecule has 1 rings (SSSR count). The minimum absolute atomic E-state index is 0.0465. The summed E-state index contributed by atoms with van der Waals surface area (Å²) in [4.78, 5) is 0. The molecule has 0 aliphatic carbocycles. The third-order valence-corrected chi connectivity index (χ3v) is 3.13. The van der Waals surface area contributed by atoms with Crippen LogP contribution in [0.15, 0.2) is 30.3 Å². The molecule has 90 valence electrons. The molecule has 0 aliphatic rings. The van der Waals surface area contributed by atoms with Gasteiger partial charge in [-0.25, -0.2) is 0 Å². The van der Waals surface area contributed by atoms with E-state index in [2.05, 4.69) is 32.9 Å². The molecule has 0 spiro atoms. The Labute approximate surface area is 99.8 Å². The summed E-state index contributed by atoms with van der Waals surface area (Å²) in [5.74, 6) is 1.01. The van der Waals surface area contributed by atoms with Crippen LogP contribution in [0.1, 0.15) is 52.9 Å². The van der Waals surface area contributed by atoms with E-state index in [4.69, 9.17) is 4.74 Å². The predicted octanol–water partition coefficient (Wildman–Crippen LogP) is 4.81. The molecule has 0 amide bonds. The Morgan fingerprint density at radius 2 is 1.50 bits per heavy atom. The van der Waals surface area contributed by atoms with Gasteiger partial charge in [0.15, 0.2) is 0 Å². The number of hydrogen-bond donors (Lipinski definition) is 0. The molecule has 0 radical (unpaired) electrons. The number of benzene rings is 1. The van der Waals surface area contributed by atoms with Crippen molar-refractivity contribution in [3.8, 4) is 5.75 Å². The summed E-state index contributed by atoms with van der Waals surface area (Å²) in [5.41, 5.74) is 0.0465. The summed E-state index contributed by atoms with van der Waals surface area (Å²) in [6, 6.07) is 10.2. The molecule has 0 atom stereocenters. The van der Waals surface area contributed by atoms with E-state index < -0.39 is 0 Å². The molecule has 0 fully saturated rings. The molecule has 0 bridgehead atoms. The van der Waals surface area contributed by atoms with Gasteiger partial charge in [-0.2, -0.15) is 0 Å². The second kappa shape index (κ2) is 6.57. The fraction of sp³-hybridized carbons (Fsp3) is 0.600. The van der Waals surface area contributed by atoms with Gasteiger partial charge in [-0.1, -0.05) is 51.8 Å². The summed E-state index contributed by atoms with van der Waals surface area (Å²) in [5, 5.41) is 0. The van der Waals surface area contributed by atoms with Crippen molar-refractivity contribution in [2.24, 2.45) is 0 Å². The smallest absolute Gasteiger partial charge is 0.120 e. The Morgan fingerprint density at radius 1 is 0.938 bits per heavy atom. The van der Waals surface area contributed by atoms with Gasteiger partial charge in [0.05, 0.1) is 0 Å². The van der Waals surface area contributed by atoms with E-state index in [0.717, 1.165) is 25.0 Å². The first-order valence-electron chi connectivity index (χ1n) is 6.50. The lowest BCUT2D eigenvalue weighted by molar-refractivity contribution is 0.0446. The van der Waals surface area contributed by atoms with Crippen molar-refractivity contribution in [2.75, 3.05) is 0 Å². The molecular weight excluding hydrogens is 196 g/mol. The number of ether oxygens (including phenoxy) is 1. The minimum Gasteiger partial charge on any atom is -0.487 e. The lowest BCUT2D eigenvalue weighted by Crippen LogP contribution is -2.35. The topological polar surface area (TPSA) is 9.23 Å². The van der Waals surface area contributed by atoms with Gasteiger partial charge in [0.25, 0.3) is 0 Å². The predicted molar refractivity (Wildman–Crippen MR) is 69.9 cm³/mol. The normalized spacial score (nSPS) is 11.4. The van der Waals surface area contributed by atoms with E-state index in [1.54, 1.807) is 0 Å². The fourth-order valence-electron chi connectivity index (χ4n) is 2.30. The highest BCUT2D eigenvalue weighted by Gasteiger charge is 2.28. The van der Waals surface area contributed by atoms with Crippen molar-refractivity contribution in [1.29, 1.82) is 0 Å². The Hall–Kier alpha value is -0.980. The lowest BCUT2D eigenvalue weighted by atomic mass is 9.89. The molecule has 16 heavy (non-hydrogen) atoms. The minimum atomic E-state index is 0.0465. The monoisotopic (exact) mass is 220 g/mol. The van der Waals surface area contributed by atoms with Crippen molar-refractivity contribution in [1.82, 2.24) is 0 Å². The van der Waals surface area contributed by atoms with Gasteiger partial charge in [0, 0.05) is 0 Å². The highest BCUT2D eigenvalue weighted by atomic mass is 16.5. The van der Waals surface area contributed by atoms with Crippen molar-refractivity contribution in [3.63, 3.8) is 0 Å². The highest BCUT2D eigenvalue weighted by molar-refractivity contribution is 5.22. The Kier molecular flexibility index (Phi) is 5.37. The number of rotatable bonds is 7. The summed E-state index contributed by atoms with van der Waals surface area (Å²) < 4.78 is 6.23. The Balaban J connectivity index is 2.76. The molecule has 0 heterocycles. The molecule has 0 unspecified atom stereocenters. The SMILES string of the molecule is CCCC(CC)(CCC)Oc1ccccc1. The average Bonchev–Trinajstić information content (AvgIpc) is 2.31. The van der Waals surface area contributed by atoms with Crippen LogP contribution in [-0.2, 0) is 0 Å². The van der Waals surface area contributed by atoms with Gasteiger partial charge in [-0.05, 0) is 31.4 Å². The zero-order valence-electron chi connectivity index (χ0n) is 10.8. The first-order chi connectivity index (χ1) is 7.76. The van der Waals surface area contributed by atoms with E-state index in [-0.39, 0.29) is 5.60 Å². The molecular formula is C15H24O. The maximum Gasteiger partial charge on any atom is 0.120 e. The van der Waals surface area contributed by atoms with Crippen LogP contribution in [0.25, 0.3) is 0 Å². The standard InChI is InChI=1S/C15H24O/c1-4-12-15(6-3,13-5-2)16-14-10-8-7-9-11-14/h7-11H,4-6,12-13H2,1-3H3. The van der Waals surface area contributed by atoms with Crippen LogP contribution < -0.4 is 4.74 Å². The number of para-hydroxylation sites is 1. The van der Waals surface area contributed by atoms with Gasteiger partial charge in [0.2, 0.25) is 0 Å². The van der Waals surface area contributed by atoms with E-state index in [9.17, 15) is 0 Å². The molecule has 0 N–H and O–H groups in total. The van der Waals surface area contributed by atoms with Crippen molar-refractivity contribution in [3.05, 3.63) is 30.3 Å². The van der Waals surface area contributed by atoms with Gasteiger partial charge in [-0.3, -0.25) is 0 Å². The number of hydrogen-bond acceptors (Lipinski definition) is 1. The zero-order chi connectivity index (χ0) is 11.9. The summed E-state index contributed by atoms with van der Waals surface area (Å²) in [6.45, 7) is 6.69. The molecule has 1 heteroatoms. The van der Waals surface area contributed by atoms with E-state index in [0.29, 0.717) is 0 Å². The van der Waals surface area contributed by atoms with Crippen molar-refractivity contribution in [2.45, 2.75) is 58.5 Å². The van der Waals surface area contributed by atoms with Crippen LogP contribution in [0.4, 0.5) is 0 Å². The van der Waals surface area contributed by atoms with E-state index >= 15 is 0 Å². The Morgan fingerprint density at radius 3 is 1.94 bits per heavy atom. The van der Waals surface area contributed by atoms with E-state index in [1.807, 2.05) is 18.2 Å². The van der Waals surface area contributed by atoms with Crippen LogP contribution in [0.3, 0.4) is 0 Å². The van der Waals surface area contributed by atoms with Gasteiger partial charge >= 0.3 is 0 Å². The second-order valence-electron chi connectivity index (χ2n) is 4.45. The largest absolute Gasteiger partial charge is 0.487 e. The summed E-state index contributed by atoms with van der Waals surface area (Å²) in [7, 11) is 0. The first-order valence-corrected chi connectivity index (χ1v) is 6.50. The molecule has 0 saturated carbocycles. The van der Waals surface area contributed by atoms with Crippen LogP contribution in [0, 0.1) is 0 Å². The molecule has 0 aliphatic heterocycles. The van der Waals surface area contributed by atoms with Gasteiger partial charge in [0.1, 0.15) is 11.4 Å². The quantitative estimate of drug-likeness (QED) is 0.640. The third kappa shape index (κ3) is 3.55. The molecule has 0 saturated heterocycles. The van der Waals surface area contributed by atoms with Crippen molar-refractivity contribution < 1.29 is 4.74 Å². The fourth-order valence-corrected chi connectivity index (χ4v) is 2.30. The van der Waals surface area contributed by atoms with Crippen LogP contribution in [0.5, 0.6) is 5.75 Å². The van der Waals surface area contributed by atoms with Crippen LogP contribution >= 0.6 is 0 Å². The second-order valence-corrected chi connectivity index (χ2v) is 4.45. The van der Waals surface area contributed by atoms with E-state index in [1.165, 1.54) is 12.8 Å². The first kappa shape index (κ1) is 13.1. The summed E-state index contributed by atoms with van der Waals surface area (Å²) in [6.07, 6.45) is 5.74. The van der Waals surface area contributed by atoms with Crippen LogP contribution in [-0.4, -0.2) is 5.60 Å². The van der Waals surface area contributed by atoms with Crippen LogP contribution in [0.2, 0.25) is 0 Å². The molecule has 1 nitrogen and oxygen atoms in total. The molecule has 0 aromatic heterocycles. The highest BCUT2D eigenvalue weighted by Crippen LogP contribution is 2.30. The summed E-state index contributed by atoms with van der Waals surface area (Å²) >= 11 is 0.